The third kappa shape index (κ3) is 4.96. The number of ether oxygens (including phenoxy) is 1. The van der Waals surface area contributed by atoms with Crippen LogP contribution in [0.15, 0.2) is 53.7 Å². The minimum atomic E-state index is -0.725. The van der Waals surface area contributed by atoms with Crippen LogP contribution in [0.1, 0.15) is 17.3 Å². The second-order valence-electron chi connectivity index (χ2n) is 6.23. The van der Waals surface area contributed by atoms with Crippen molar-refractivity contribution in [2.45, 2.75) is 18.2 Å². The van der Waals surface area contributed by atoms with Crippen LogP contribution in [-0.4, -0.2) is 44.1 Å². The van der Waals surface area contributed by atoms with Gasteiger partial charge in [-0.05, 0) is 43.3 Å². The number of aliphatic hydroxyl groups is 1. The molecule has 3 rings (SSSR count). The number of ketones is 1. The molecule has 2 aromatic carbocycles. The average Bonchev–Trinajstić information content (AvgIpc) is 3.06. The van der Waals surface area contributed by atoms with Crippen molar-refractivity contribution in [3.05, 3.63) is 59.9 Å². The lowest BCUT2D eigenvalue weighted by Crippen LogP contribution is -2.20. The number of nitrogens with zero attached hydrogens (tertiary/aromatic N) is 3. The molecule has 0 aliphatic carbocycles. The molecule has 0 fully saturated rings. The summed E-state index contributed by atoms with van der Waals surface area (Å²) < 4.78 is 20.4. The number of halogens is 1. The van der Waals surface area contributed by atoms with Gasteiger partial charge in [0, 0.05) is 23.9 Å². The molecule has 1 atom stereocenters. The number of carbonyl (C=O) groups is 1. The molecule has 1 N–H and O–H groups in total. The Morgan fingerprint density at radius 3 is 2.71 bits per heavy atom. The molecule has 0 radical (unpaired) electrons. The highest BCUT2D eigenvalue weighted by Crippen LogP contribution is 2.23. The smallest absolute Gasteiger partial charge is 0.191 e. The van der Waals surface area contributed by atoms with Gasteiger partial charge in [0.05, 0.1) is 6.10 Å². The van der Waals surface area contributed by atoms with E-state index in [-0.39, 0.29) is 18.2 Å². The van der Waals surface area contributed by atoms with Crippen molar-refractivity contribution in [3.8, 4) is 17.1 Å². The maximum atomic E-state index is 13.1. The summed E-state index contributed by atoms with van der Waals surface area (Å²) in [6.07, 6.45) is -0.725. The van der Waals surface area contributed by atoms with Crippen molar-refractivity contribution in [1.82, 2.24) is 14.8 Å². The molecule has 146 valence electrons. The number of hydrogen-bond acceptors (Lipinski definition) is 6. The molecule has 0 saturated heterocycles. The Hall–Kier alpha value is -2.71. The fraction of sp³-hybridized carbons (Fsp3) is 0.250. The van der Waals surface area contributed by atoms with Gasteiger partial charge in [0.25, 0.3) is 0 Å². The predicted octanol–water partition coefficient (Wildman–Crippen LogP) is 3.36. The second-order valence-corrected chi connectivity index (χ2v) is 7.22. The summed E-state index contributed by atoms with van der Waals surface area (Å²) in [5, 5.41) is 19.1. The van der Waals surface area contributed by atoms with Crippen LogP contribution in [0.25, 0.3) is 11.4 Å². The molecule has 0 aliphatic rings. The van der Waals surface area contributed by atoms with E-state index < -0.39 is 6.10 Å². The number of aromatic nitrogens is 3. The van der Waals surface area contributed by atoms with Crippen molar-refractivity contribution in [2.75, 3.05) is 12.4 Å². The number of hydrogen-bond donors (Lipinski definition) is 1. The van der Waals surface area contributed by atoms with E-state index >= 15 is 0 Å². The monoisotopic (exact) mass is 401 g/mol. The highest BCUT2D eigenvalue weighted by atomic mass is 32.2. The Balaban J connectivity index is 1.55. The number of Topliss-reactive ketones (excluding diaryl/α,β-unsaturated/α-hetero) is 1. The molecular formula is C20H20FN3O3S. The second kappa shape index (κ2) is 8.99. The van der Waals surface area contributed by atoms with Gasteiger partial charge in [-0.2, -0.15) is 0 Å². The lowest BCUT2D eigenvalue weighted by Gasteiger charge is -2.12. The fourth-order valence-corrected chi connectivity index (χ4v) is 3.32. The van der Waals surface area contributed by atoms with E-state index in [0.29, 0.717) is 28.0 Å². The molecule has 1 aromatic heterocycles. The van der Waals surface area contributed by atoms with E-state index in [1.54, 1.807) is 41.0 Å². The van der Waals surface area contributed by atoms with Gasteiger partial charge in [-0.1, -0.05) is 23.9 Å². The van der Waals surface area contributed by atoms with Crippen LogP contribution in [0.5, 0.6) is 5.75 Å². The number of rotatable bonds is 8. The molecule has 28 heavy (non-hydrogen) atoms. The Kier molecular flexibility index (Phi) is 6.43. The van der Waals surface area contributed by atoms with Gasteiger partial charge in [0.1, 0.15) is 18.2 Å². The first kappa shape index (κ1) is 20.0. The molecule has 6 nitrogen and oxygen atoms in total. The van der Waals surface area contributed by atoms with Crippen LogP contribution in [-0.2, 0) is 7.05 Å². The van der Waals surface area contributed by atoms with Crippen molar-refractivity contribution in [3.63, 3.8) is 0 Å². The topological polar surface area (TPSA) is 77.2 Å². The summed E-state index contributed by atoms with van der Waals surface area (Å²) in [7, 11) is 1.82. The van der Waals surface area contributed by atoms with Gasteiger partial charge in [0.2, 0.25) is 0 Å². The Morgan fingerprint density at radius 1 is 1.25 bits per heavy atom. The Bertz CT molecular complexity index is 960. The SMILES string of the molecule is CC(=O)c1cccc(OC[C@@H](O)CSc2nnc(-c3ccc(F)cc3)n2C)c1. The first-order valence-electron chi connectivity index (χ1n) is 8.64. The maximum Gasteiger partial charge on any atom is 0.191 e. The van der Waals surface area contributed by atoms with Crippen LogP contribution in [0.2, 0.25) is 0 Å². The van der Waals surface area contributed by atoms with Crippen LogP contribution in [0, 0.1) is 5.82 Å². The summed E-state index contributed by atoms with van der Waals surface area (Å²) in [5.74, 6) is 1.17. The lowest BCUT2D eigenvalue weighted by atomic mass is 10.1. The van der Waals surface area contributed by atoms with E-state index in [9.17, 15) is 14.3 Å². The lowest BCUT2D eigenvalue weighted by molar-refractivity contribution is 0.101. The predicted molar refractivity (Wildman–Crippen MR) is 105 cm³/mol. The normalized spacial score (nSPS) is 12.0. The van der Waals surface area contributed by atoms with Crippen molar-refractivity contribution in [2.24, 2.45) is 7.05 Å². The summed E-state index contributed by atoms with van der Waals surface area (Å²) in [4.78, 5) is 11.4. The first-order chi connectivity index (χ1) is 13.4. The molecule has 0 saturated carbocycles. The molecule has 0 spiro atoms. The van der Waals surface area contributed by atoms with Crippen LogP contribution < -0.4 is 4.74 Å². The van der Waals surface area contributed by atoms with E-state index in [1.165, 1.54) is 30.8 Å². The number of thioether (sulfide) groups is 1. The highest BCUT2D eigenvalue weighted by Gasteiger charge is 2.14. The molecule has 8 heteroatoms. The number of aliphatic hydroxyl groups excluding tert-OH is 1. The molecule has 1 heterocycles. The van der Waals surface area contributed by atoms with Crippen LogP contribution >= 0.6 is 11.8 Å². The Labute approximate surface area is 166 Å². The van der Waals surface area contributed by atoms with Gasteiger partial charge in [-0.3, -0.25) is 4.79 Å². The zero-order chi connectivity index (χ0) is 20.1. The van der Waals surface area contributed by atoms with E-state index in [0.717, 1.165) is 5.56 Å². The molecule has 0 aliphatic heterocycles. The summed E-state index contributed by atoms with van der Waals surface area (Å²) in [5.41, 5.74) is 1.33. The standard InChI is InChI=1S/C20H20FN3O3S/c1-13(25)15-4-3-5-18(10-15)27-11-17(26)12-28-20-23-22-19(24(20)2)14-6-8-16(21)9-7-14/h3-10,17,26H,11-12H2,1-2H3/t17-/m1/s1. The molecule has 0 bridgehead atoms. The minimum absolute atomic E-state index is 0.0409. The third-order valence-electron chi connectivity index (χ3n) is 4.03. The quantitative estimate of drug-likeness (QED) is 0.461. The van der Waals surface area contributed by atoms with Gasteiger partial charge in [0.15, 0.2) is 16.8 Å². The van der Waals surface area contributed by atoms with Crippen LogP contribution in [0.4, 0.5) is 4.39 Å². The van der Waals surface area contributed by atoms with Crippen LogP contribution in [0.3, 0.4) is 0 Å². The molecule has 0 amide bonds. The summed E-state index contributed by atoms with van der Waals surface area (Å²) in [6.45, 7) is 1.59. The minimum Gasteiger partial charge on any atom is -0.491 e. The highest BCUT2D eigenvalue weighted by molar-refractivity contribution is 7.99. The maximum absolute atomic E-state index is 13.1. The van der Waals surface area contributed by atoms with Gasteiger partial charge in [-0.15, -0.1) is 10.2 Å². The van der Waals surface area contributed by atoms with Gasteiger partial charge < -0.3 is 14.4 Å². The summed E-state index contributed by atoms with van der Waals surface area (Å²) >= 11 is 1.35. The van der Waals surface area contributed by atoms with Crippen molar-refractivity contribution >= 4 is 17.5 Å². The zero-order valence-corrected chi connectivity index (χ0v) is 16.3. The molecular weight excluding hydrogens is 381 g/mol. The van der Waals surface area contributed by atoms with Gasteiger partial charge in [-0.25, -0.2) is 4.39 Å². The number of carbonyl (C=O) groups excluding carboxylic acids is 1. The molecule has 0 unspecified atom stereocenters. The van der Waals surface area contributed by atoms with E-state index in [4.69, 9.17) is 4.74 Å². The average molecular weight is 401 g/mol. The van der Waals surface area contributed by atoms with E-state index in [1.807, 2.05) is 7.05 Å². The van der Waals surface area contributed by atoms with Crippen molar-refractivity contribution < 1.29 is 19.0 Å². The molecule has 3 aromatic rings. The van der Waals surface area contributed by atoms with Gasteiger partial charge >= 0.3 is 0 Å². The third-order valence-corrected chi connectivity index (χ3v) is 5.19. The van der Waals surface area contributed by atoms with E-state index in [2.05, 4.69) is 10.2 Å². The largest absolute Gasteiger partial charge is 0.491 e. The number of benzene rings is 2. The first-order valence-corrected chi connectivity index (χ1v) is 9.62. The zero-order valence-electron chi connectivity index (χ0n) is 15.5. The Morgan fingerprint density at radius 2 is 2.00 bits per heavy atom. The van der Waals surface area contributed by atoms with Crippen molar-refractivity contribution in [1.29, 1.82) is 0 Å². The summed E-state index contributed by atoms with van der Waals surface area (Å²) in [6, 6.07) is 12.9. The fourth-order valence-electron chi connectivity index (χ4n) is 2.51.